The maximum absolute atomic E-state index is 5.47. The Labute approximate surface area is 121 Å². The van der Waals surface area contributed by atoms with Crippen LogP contribution in [0.1, 0.15) is 13.8 Å². The van der Waals surface area contributed by atoms with Gasteiger partial charge in [-0.2, -0.15) is 11.8 Å². The molecule has 0 aromatic heterocycles. The Hall–Kier alpha value is -0.460. The fourth-order valence-electron chi connectivity index (χ4n) is 2.25. The van der Waals surface area contributed by atoms with Crippen molar-refractivity contribution in [3.05, 3.63) is 0 Å². The van der Waals surface area contributed by atoms with E-state index in [-0.39, 0.29) is 0 Å². The molecule has 6 heteroatoms. The van der Waals surface area contributed by atoms with E-state index < -0.39 is 0 Å². The highest BCUT2D eigenvalue weighted by atomic mass is 32.2. The zero-order chi connectivity index (χ0) is 14.1. The number of nitrogens with one attached hydrogen (secondary N) is 2. The average molecular weight is 288 g/mol. The number of ether oxygens (including phenoxy) is 1. The second kappa shape index (κ2) is 9.44. The van der Waals surface area contributed by atoms with Crippen LogP contribution in [0.2, 0.25) is 0 Å². The Morgan fingerprint density at radius 1 is 1.53 bits per heavy atom. The van der Waals surface area contributed by atoms with Crippen LogP contribution in [0.15, 0.2) is 4.99 Å². The third kappa shape index (κ3) is 6.01. The van der Waals surface area contributed by atoms with E-state index >= 15 is 0 Å². The summed E-state index contributed by atoms with van der Waals surface area (Å²) < 4.78 is 5.47. The number of thioether (sulfide) groups is 1. The van der Waals surface area contributed by atoms with Crippen molar-refractivity contribution in [2.75, 3.05) is 51.9 Å². The van der Waals surface area contributed by atoms with Crippen molar-refractivity contribution in [2.45, 2.75) is 25.9 Å². The molecule has 5 nitrogen and oxygen atoms in total. The molecule has 0 saturated carbocycles. The monoisotopic (exact) mass is 288 g/mol. The predicted molar refractivity (Wildman–Crippen MR) is 84.2 cm³/mol. The van der Waals surface area contributed by atoms with E-state index in [1.54, 1.807) is 0 Å². The van der Waals surface area contributed by atoms with E-state index in [2.05, 4.69) is 40.6 Å². The molecule has 1 aliphatic rings. The third-order valence-electron chi connectivity index (χ3n) is 3.37. The Kier molecular flexibility index (Phi) is 8.25. The molecule has 0 amide bonds. The van der Waals surface area contributed by atoms with Gasteiger partial charge in [0.2, 0.25) is 0 Å². The number of aliphatic imine (C=N–C) groups is 1. The highest BCUT2D eigenvalue weighted by Gasteiger charge is 2.23. The standard InChI is InChI=1S/C13H28N4OS/c1-11(17-6-7-18-10-12(17)2)9-16-13(14-3)15-5-8-19-4/h11-12H,5-10H2,1-4H3,(H2,14,15,16). The van der Waals surface area contributed by atoms with Crippen LogP contribution < -0.4 is 10.6 Å². The number of rotatable bonds is 6. The molecule has 1 fully saturated rings. The van der Waals surface area contributed by atoms with Gasteiger partial charge in [-0.05, 0) is 20.1 Å². The molecule has 0 aromatic carbocycles. The van der Waals surface area contributed by atoms with Crippen molar-refractivity contribution in [1.82, 2.24) is 15.5 Å². The zero-order valence-electron chi connectivity index (χ0n) is 12.6. The minimum atomic E-state index is 0.484. The lowest BCUT2D eigenvalue weighted by Gasteiger charge is -2.38. The molecule has 2 unspecified atom stereocenters. The van der Waals surface area contributed by atoms with E-state index in [4.69, 9.17) is 4.74 Å². The second-order valence-corrected chi connectivity index (χ2v) is 5.87. The number of hydrogen-bond donors (Lipinski definition) is 2. The van der Waals surface area contributed by atoms with Crippen LogP contribution in [-0.4, -0.2) is 74.8 Å². The summed E-state index contributed by atoms with van der Waals surface area (Å²) in [4.78, 5) is 6.73. The summed E-state index contributed by atoms with van der Waals surface area (Å²) in [6, 6.07) is 0.981. The topological polar surface area (TPSA) is 48.9 Å². The minimum absolute atomic E-state index is 0.484. The van der Waals surface area contributed by atoms with E-state index in [0.29, 0.717) is 12.1 Å². The molecule has 0 spiro atoms. The van der Waals surface area contributed by atoms with E-state index in [1.807, 2.05) is 18.8 Å². The van der Waals surface area contributed by atoms with Gasteiger partial charge in [0.25, 0.3) is 0 Å². The van der Waals surface area contributed by atoms with E-state index in [0.717, 1.165) is 44.6 Å². The molecule has 19 heavy (non-hydrogen) atoms. The lowest BCUT2D eigenvalue weighted by molar-refractivity contribution is -0.0174. The molecule has 1 aliphatic heterocycles. The van der Waals surface area contributed by atoms with Crippen LogP contribution in [-0.2, 0) is 4.74 Å². The van der Waals surface area contributed by atoms with E-state index in [1.165, 1.54) is 0 Å². The van der Waals surface area contributed by atoms with Crippen molar-refractivity contribution < 1.29 is 4.74 Å². The summed E-state index contributed by atoms with van der Waals surface area (Å²) >= 11 is 1.83. The number of nitrogens with zero attached hydrogens (tertiary/aromatic N) is 2. The van der Waals surface area contributed by atoms with Crippen LogP contribution in [0.25, 0.3) is 0 Å². The molecular formula is C13H28N4OS. The number of morpholine rings is 1. The molecule has 0 aliphatic carbocycles. The van der Waals surface area contributed by atoms with Gasteiger partial charge >= 0.3 is 0 Å². The van der Waals surface area contributed by atoms with Gasteiger partial charge in [-0.1, -0.05) is 0 Å². The molecule has 0 radical (unpaired) electrons. The van der Waals surface area contributed by atoms with Crippen LogP contribution in [0.3, 0.4) is 0 Å². The minimum Gasteiger partial charge on any atom is -0.379 e. The summed E-state index contributed by atoms with van der Waals surface area (Å²) in [7, 11) is 1.82. The fraction of sp³-hybridized carbons (Fsp3) is 0.923. The summed E-state index contributed by atoms with van der Waals surface area (Å²) in [5.41, 5.74) is 0. The Balaban J connectivity index is 2.29. The normalized spacial score (nSPS) is 23.2. The molecule has 1 saturated heterocycles. The third-order valence-corrected chi connectivity index (χ3v) is 3.98. The first-order valence-electron chi connectivity index (χ1n) is 6.96. The lowest BCUT2D eigenvalue weighted by atomic mass is 10.2. The zero-order valence-corrected chi connectivity index (χ0v) is 13.4. The van der Waals surface area contributed by atoms with Crippen LogP contribution >= 0.6 is 11.8 Å². The summed E-state index contributed by atoms with van der Waals surface area (Å²) in [6.07, 6.45) is 2.11. The first kappa shape index (κ1) is 16.6. The van der Waals surface area contributed by atoms with Gasteiger partial charge in [-0.25, -0.2) is 0 Å². The second-order valence-electron chi connectivity index (χ2n) is 4.88. The predicted octanol–water partition coefficient (Wildman–Crippen LogP) is 0.624. The first-order chi connectivity index (χ1) is 9.19. The van der Waals surface area contributed by atoms with Crippen molar-refractivity contribution >= 4 is 17.7 Å². The number of hydrogen-bond acceptors (Lipinski definition) is 4. The van der Waals surface area contributed by atoms with Gasteiger partial charge in [-0.15, -0.1) is 0 Å². The lowest BCUT2D eigenvalue weighted by Crippen LogP contribution is -2.53. The first-order valence-corrected chi connectivity index (χ1v) is 8.35. The Morgan fingerprint density at radius 3 is 2.95 bits per heavy atom. The molecule has 112 valence electrons. The van der Waals surface area contributed by atoms with Crippen molar-refractivity contribution in [3.8, 4) is 0 Å². The molecule has 1 heterocycles. The molecule has 2 atom stereocenters. The van der Waals surface area contributed by atoms with Gasteiger partial charge in [0, 0.05) is 44.5 Å². The van der Waals surface area contributed by atoms with Gasteiger partial charge in [0.1, 0.15) is 0 Å². The Bertz CT molecular complexity index is 275. The highest BCUT2D eigenvalue weighted by molar-refractivity contribution is 7.98. The van der Waals surface area contributed by atoms with Crippen molar-refractivity contribution in [3.63, 3.8) is 0 Å². The quantitative estimate of drug-likeness (QED) is 0.426. The van der Waals surface area contributed by atoms with Crippen molar-refractivity contribution in [2.24, 2.45) is 4.99 Å². The summed E-state index contributed by atoms with van der Waals surface area (Å²) in [5.74, 6) is 1.98. The van der Waals surface area contributed by atoms with Gasteiger partial charge in [0.15, 0.2) is 5.96 Å². The van der Waals surface area contributed by atoms with Gasteiger partial charge in [-0.3, -0.25) is 9.89 Å². The van der Waals surface area contributed by atoms with Crippen LogP contribution in [0.4, 0.5) is 0 Å². The average Bonchev–Trinajstić information content (AvgIpc) is 2.43. The molecule has 0 bridgehead atoms. The van der Waals surface area contributed by atoms with Crippen LogP contribution in [0, 0.1) is 0 Å². The molecule has 1 rings (SSSR count). The SMILES string of the molecule is CN=C(NCCSC)NCC(C)N1CCOCC1C. The van der Waals surface area contributed by atoms with Crippen LogP contribution in [0.5, 0.6) is 0 Å². The maximum Gasteiger partial charge on any atom is 0.191 e. The smallest absolute Gasteiger partial charge is 0.191 e. The maximum atomic E-state index is 5.47. The van der Waals surface area contributed by atoms with Crippen molar-refractivity contribution in [1.29, 1.82) is 0 Å². The molecular weight excluding hydrogens is 260 g/mol. The Morgan fingerprint density at radius 2 is 2.32 bits per heavy atom. The fourth-order valence-corrected chi connectivity index (χ4v) is 2.55. The molecule has 0 aromatic rings. The highest BCUT2D eigenvalue weighted by Crippen LogP contribution is 2.09. The summed E-state index contributed by atoms with van der Waals surface area (Å²) in [5, 5.41) is 6.71. The van der Waals surface area contributed by atoms with Gasteiger partial charge in [0.05, 0.1) is 13.2 Å². The molecule has 2 N–H and O–H groups in total. The summed E-state index contributed by atoms with van der Waals surface area (Å²) in [6.45, 7) is 9.03. The largest absolute Gasteiger partial charge is 0.379 e. The number of guanidine groups is 1. The van der Waals surface area contributed by atoms with E-state index in [9.17, 15) is 0 Å². The van der Waals surface area contributed by atoms with Gasteiger partial charge < -0.3 is 15.4 Å².